The van der Waals surface area contributed by atoms with Crippen LogP contribution in [-0.4, -0.2) is 37.1 Å². The van der Waals surface area contributed by atoms with Crippen LogP contribution in [0.1, 0.15) is 43.5 Å². The fourth-order valence-corrected chi connectivity index (χ4v) is 3.94. The van der Waals surface area contributed by atoms with Crippen LogP contribution in [-0.2, 0) is 0 Å². The van der Waals surface area contributed by atoms with Crippen molar-refractivity contribution in [2.75, 3.05) is 5.32 Å². The van der Waals surface area contributed by atoms with Crippen molar-refractivity contribution < 1.29 is 9.18 Å². The SMILES string of the molecule is C#C.CC.NC(=O)c1cnn2cc(-c3cnc4ccccn34)cc2c1N[C@@H]1CCC[C@@H]1F. The van der Waals surface area contributed by atoms with E-state index in [0.29, 0.717) is 24.0 Å². The number of anilines is 1. The lowest BCUT2D eigenvalue weighted by Gasteiger charge is -2.19. The lowest BCUT2D eigenvalue weighted by molar-refractivity contribution is 0.100. The first-order chi connectivity index (χ1) is 15.6. The van der Waals surface area contributed by atoms with Crippen LogP contribution < -0.4 is 11.1 Å². The highest BCUT2D eigenvalue weighted by Crippen LogP contribution is 2.32. The van der Waals surface area contributed by atoms with Crippen LogP contribution in [0.3, 0.4) is 0 Å². The minimum Gasteiger partial charge on any atom is -0.377 e. The first-order valence-corrected chi connectivity index (χ1v) is 10.6. The molecule has 0 spiro atoms. The molecule has 2 atom stereocenters. The lowest BCUT2D eigenvalue weighted by atomic mass is 10.1. The van der Waals surface area contributed by atoms with E-state index in [1.165, 1.54) is 6.20 Å². The normalized spacial score (nSPS) is 17.3. The van der Waals surface area contributed by atoms with Gasteiger partial charge in [0.05, 0.1) is 40.9 Å². The lowest BCUT2D eigenvalue weighted by Crippen LogP contribution is -2.27. The molecule has 1 aliphatic carbocycles. The van der Waals surface area contributed by atoms with Gasteiger partial charge in [-0.1, -0.05) is 19.9 Å². The molecule has 4 aromatic rings. The highest BCUT2D eigenvalue weighted by atomic mass is 19.1. The van der Waals surface area contributed by atoms with Crippen LogP contribution in [0.5, 0.6) is 0 Å². The van der Waals surface area contributed by atoms with E-state index in [1.54, 1.807) is 10.7 Å². The summed E-state index contributed by atoms with van der Waals surface area (Å²) in [6.45, 7) is 4.00. The van der Waals surface area contributed by atoms with Crippen molar-refractivity contribution >= 4 is 22.8 Å². The number of aromatic nitrogens is 4. The predicted molar refractivity (Wildman–Crippen MR) is 125 cm³/mol. The summed E-state index contributed by atoms with van der Waals surface area (Å²) in [5.74, 6) is -0.594. The van der Waals surface area contributed by atoms with Crippen LogP contribution in [0.25, 0.3) is 22.4 Å². The summed E-state index contributed by atoms with van der Waals surface area (Å²) in [6, 6.07) is 7.38. The first-order valence-electron chi connectivity index (χ1n) is 10.6. The summed E-state index contributed by atoms with van der Waals surface area (Å²) in [7, 11) is 0. The van der Waals surface area contributed by atoms with E-state index in [0.717, 1.165) is 23.3 Å². The molecule has 0 saturated heterocycles. The zero-order valence-corrected chi connectivity index (χ0v) is 18.2. The number of amides is 1. The van der Waals surface area contributed by atoms with E-state index < -0.39 is 12.1 Å². The number of nitrogens with one attached hydrogen (secondary N) is 1. The summed E-state index contributed by atoms with van der Waals surface area (Å²) in [5, 5.41) is 7.54. The van der Waals surface area contributed by atoms with Crippen LogP contribution in [0, 0.1) is 12.8 Å². The molecule has 0 aromatic carbocycles. The number of primary amides is 1. The van der Waals surface area contributed by atoms with E-state index in [-0.39, 0.29) is 11.6 Å². The summed E-state index contributed by atoms with van der Waals surface area (Å²) < 4.78 is 17.8. The van der Waals surface area contributed by atoms with Gasteiger partial charge in [0.25, 0.3) is 5.91 Å². The van der Waals surface area contributed by atoms with Crippen LogP contribution >= 0.6 is 0 Å². The van der Waals surface area contributed by atoms with Crippen molar-refractivity contribution in [3.63, 3.8) is 0 Å². The molecule has 0 unspecified atom stereocenters. The summed E-state index contributed by atoms with van der Waals surface area (Å²) in [6.07, 6.45) is 16.1. The fraction of sp³-hybridized carbons (Fsp3) is 0.292. The number of terminal acetylenes is 1. The minimum atomic E-state index is -0.942. The molecule has 0 radical (unpaired) electrons. The molecule has 166 valence electrons. The third-order valence-electron chi connectivity index (χ3n) is 5.38. The second kappa shape index (κ2) is 9.96. The Hall–Kier alpha value is -3.86. The average Bonchev–Trinajstić information content (AvgIpc) is 3.54. The van der Waals surface area contributed by atoms with Gasteiger partial charge in [-0.2, -0.15) is 5.10 Å². The van der Waals surface area contributed by atoms with Crippen molar-refractivity contribution in [3.8, 4) is 24.1 Å². The Balaban J connectivity index is 0.000000686. The third kappa shape index (κ3) is 4.14. The summed E-state index contributed by atoms with van der Waals surface area (Å²) in [5.41, 5.74) is 9.64. The molecule has 1 amide bonds. The van der Waals surface area contributed by atoms with Crippen molar-refractivity contribution in [3.05, 3.63) is 54.6 Å². The van der Waals surface area contributed by atoms with Crippen molar-refractivity contribution in [2.24, 2.45) is 5.73 Å². The third-order valence-corrected chi connectivity index (χ3v) is 5.38. The van der Waals surface area contributed by atoms with E-state index in [1.807, 2.05) is 54.9 Å². The number of carbonyl (C=O) groups excluding carboxylic acids is 1. The van der Waals surface area contributed by atoms with E-state index in [2.05, 4.69) is 28.2 Å². The highest BCUT2D eigenvalue weighted by molar-refractivity contribution is 6.02. The number of hydrogen-bond acceptors (Lipinski definition) is 4. The van der Waals surface area contributed by atoms with Gasteiger partial charge in [-0.25, -0.2) is 13.9 Å². The Labute approximate surface area is 186 Å². The second-order valence-electron chi connectivity index (χ2n) is 7.13. The molecule has 1 fully saturated rings. The van der Waals surface area contributed by atoms with Crippen molar-refractivity contribution in [1.82, 2.24) is 19.0 Å². The minimum absolute atomic E-state index is 0.259. The zero-order chi connectivity index (χ0) is 23.3. The van der Waals surface area contributed by atoms with Crippen LogP contribution in [0.4, 0.5) is 10.1 Å². The molecule has 5 rings (SSSR count). The molecule has 1 saturated carbocycles. The number of fused-ring (bicyclic) bond motifs is 2. The number of halogens is 1. The molecular weight excluding hydrogens is 407 g/mol. The van der Waals surface area contributed by atoms with Gasteiger partial charge in [0.1, 0.15) is 11.8 Å². The van der Waals surface area contributed by atoms with Gasteiger partial charge in [0, 0.05) is 18.0 Å². The van der Waals surface area contributed by atoms with Crippen molar-refractivity contribution in [2.45, 2.75) is 45.3 Å². The average molecular weight is 435 g/mol. The van der Waals surface area contributed by atoms with Gasteiger partial charge in [0.2, 0.25) is 0 Å². The van der Waals surface area contributed by atoms with Crippen LogP contribution in [0.15, 0.2) is 49.1 Å². The maximum Gasteiger partial charge on any atom is 0.252 e. The molecule has 0 aliphatic heterocycles. The van der Waals surface area contributed by atoms with E-state index >= 15 is 0 Å². The van der Waals surface area contributed by atoms with Crippen molar-refractivity contribution in [1.29, 1.82) is 0 Å². The monoisotopic (exact) mass is 434 g/mol. The summed E-state index contributed by atoms with van der Waals surface area (Å²) >= 11 is 0. The molecule has 7 nitrogen and oxygen atoms in total. The standard InChI is InChI=1S/C20H19FN6O.C2H6.C2H2/c21-14-4-3-5-15(14)25-19-13(20(22)28)9-24-27-11-12(8-16(19)27)17-10-23-18-6-1-2-7-26(17)18;2*1-2/h1-2,6-11,14-15,25H,3-5H2,(H2,22,28);1-2H3;1-2H/t14-,15+;;/m0../s1. The number of imidazole rings is 1. The predicted octanol–water partition coefficient (Wildman–Crippen LogP) is 4.33. The Morgan fingerprint density at radius 3 is 2.72 bits per heavy atom. The van der Waals surface area contributed by atoms with E-state index in [4.69, 9.17) is 5.73 Å². The molecule has 4 heterocycles. The fourth-order valence-electron chi connectivity index (χ4n) is 3.94. The second-order valence-corrected chi connectivity index (χ2v) is 7.13. The number of rotatable bonds is 4. The summed E-state index contributed by atoms with van der Waals surface area (Å²) in [4.78, 5) is 16.4. The maximum atomic E-state index is 14.2. The van der Waals surface area contributed by atoms with Gasteiger partial charge in [-0.15, -0.1) is 12.8 Å². The van der Waals surface area contributed by atoms with E-state index in [9.17, 15) is 9.18 Å². The number of carbonyl (C=O) groups is 1. The van der Waals surface area contributed by atoms with Gasteiger partial charge < -0.3 is 11.1 Å². The van der Waals surface area contributed by atoms with Crippen LogP contribution in [0.2, 0.25) is 0 Å². The molecule has 0 bridgehead atoms. The van der Waals surface area contributed by atoms with Gasteiger partial charge in [-0.05, 0) is 37.5 Å². The Bertz CT molecular complexity index is 1240. The topological polar surface area (TPSA) is 89.7 Å². The molecule has 8 heteroatoms. The molecular formula is C24H27FN6O. The first kappa shape index (κ1) is 22.8. The quantitative estimate of drug-likeness (QED) is 0.468. The Morgan fingerprint density at radius 1 is 1.25 bits per heavy atom. The Morgan fingerprint density at radius 2 is 2.03 bits per heavy atom. The Kier molecular flexibility index (Phi) is 7.11. The molecule has 32 heavy (non-hydrogen) atoms. The molecule has 3 N–H and O–H groups in total. The zero-order valence-electron chi connectivity index (χ0n) is 18.2. The van der Waals surface area contributed by atoms with Gasteiger partial charge in [-0.3, -0.25) is 9.20 Å². The maximum absolute atomic E-state index is 14.2. The number of hydrogen-bond donors (Lipinski definition) is 2. The molecule has 1 aliphatic rings. The number of nitrogens with two attached hydrogens (primary N) is 1. The smallest absolute Gasteiger partial charge is 0.252 e. The molecule has 4 aromatic heterocycles. The van der Waals surface area contributed by atoms with Gasteiger partial charge in [0.15, 0.2) is 0 Å². The number of nitrogens with zero attached hydrogens (tertiary/aromatic N) is 4. The number of pyridine rings is 1. The highest BCUT2D eigenvalue weighted by Gasteiger charge is 2.29. The largest absolute Gasteiger partial charge is 0.377 e. The van der Waals surface area contributed by atoms with Gasteiger partial charge >= 0.3 is 0 Å². The number of alkyl halides is 1.